The number of carbonyl (C=O) groups is 2. The van der Waals surface area contributed by atoms with Crippen molar-refractivity contribution >= 4 is 23.5 Å². The number of urea groups is 1. The third kappa shape index (κ3) is 4.17. The Morgan fingerprint density at radius 1 is 1.08 bits per heavy atom. The summed E-state index contributed by atoms with van der Waals surface area (Å²) in [6.07, 6.45) is 1.27. The fraction of sp³-hybridized carbons (Fsp3) is 0.300. The summed E-state index contributed by atoms with van der Waals surface area (Å²) in [5.41, 5.74) is 0.257. The maximum absolute atomic E-state index is 12.7. The number of benzene rings is 2. The highest BCUT2D eigenvalue weighted by Gasteiger charge is 2.47. The van der Waals surface area contributed by atoms with Crippen LogP contribution in [0.25, 0.3) is 0 Å². The van der Waals surface area contributed by atoms with Crippen LogP contribution in [0.1, 0.15) is 18.9 Å². The largest absolute Gasteiger partial charge is 0.492 e. The lowest BCUT2D eigenvalue weighted by molar-refractivity contribution is -0.131. The maximum Gasteiger partial charge on any atom is 0.325 e. The number of amides is 3. The van der Waals surface area contributed by atoms with E-state index >= 15 is 0 Å². The van der Waals surface area contributed by atoms with Gasteiger partial charge in [-0.3, -0.25) is 9.69 Å². The lowest BCUT2D eigenvalue weighted by Gasteiger charge is -2.21. The fourth-order valence-corrected chi connectivity index (χ4v) is 3.07. The van der Waals surface area contributed by atoms with Gasteiger partial charge in [0.05, 0.1) is 6.54 Å². The zero-order valence-electron chi connectivity index (χ0n) is 14.6. The molecule has 6 heteroatoms. The first-order chi connectivity index (χ1) is 12.5. The second-order valence-electron chi connectivity index (χ2n) is 6.51. The van der Waals surface area contributed by atoms with Gasteiger partial charge in [-0.1, -0.05) is 41.9 Å². The predicted molar refractivity (Wildman–Crippen MR) is 100 cm³/mol. The van der Waals surface area contributed by atoms with E-state index in [1.807, 2.05) is 30.3 Å². The first kappa shape index (κ1) is 18.3. The summed E-state index contributed by atoms with van der Waals surface area (Å²) in [5.74, 6) is 0.437. The summed E-state index contributed by atoms with van der Waals surface area (Å²) in [7, 11) is 0. The van der Waals surface area contributed by atoms with Gasteiger partial charge in [0.15, 0.2) is 0 Å². The van der Waals surface area contributed by atoms with E-state index in [1.165, 1.54) is 4.90 Å². The molecular formula is C20H21ClN2O3. The van der Waals surface area contributed by atoms with Crippen LogP contribution in [0.4, 0.5) is 4.79 Å². The van der Waals surface area contributed by atoms with E-state index < -0.39 is 5.54 Å². The van der Waals surface area contributed by atoms with Crippen LogP contribution in [0.2, 0.25) is 5.02 Å². The van der Waals surface area contributed by atoms with E-state index in [0.717, 1.165) is 12.0 Å². The zero-order chi connectivity index (χ0) is 18.6. The van der Waals surface area contributed by atoms with E-state index in [1.54, 1.807) is 31.2 Å². The first-order valence-electron chi connectivity index (χ1n) is 8.54. The number of halogens is 1. The summed E-state index contributed by atoms with van der Waals surface area (Å²) >= 11 is 5.83. The number of imide groups is 1. The van der Waals surface area contributed by atoms with E-state index in [-0.39, 0.29) is 25.1 Å². The lowest BCUT2D eigenvalue weighted by Crippen LogP contribution is -2.44. The molecular weight excluding hydrogens is 352 g/mol. The number of carbonyl (C=O) groups excluding carboxylic acids is 2. The molecule has 0 bridgehead atoms. The molecule has 2 aromatic carbocycles. The number of rotatable bonds is 7. The molecule has 136 valence electrons. The molecule has 1 fully saturated rings. The third-order valence-corrected chi connectivity index (χ3v) is 4.75. The first-order valence-corrected chi connectivity index (χ1v) is 8.92. The lowest BCUT2D eigenvalue weighted by atomic mass is 9.93. The van der Waals surface area contributed by atoms with Gasteiger partial charge in [0.25, 0.3) is 5.91 Å². The van der Waals surface area contributed by atoms with Gasteiger partial charge in [0.2, 0.25) is 0 Å². The average molecular weight is 373 g/mol. The molecule has 26 heavy (non-hydrogen) atoms. The molecule has 0 aromatic heterocycles. The van der Waals surface area contributed by atoms with Crippen LogP contribution in [0.3, 0.4) is 0 Å². The molecule has 5 nitrogen and oxygen atoms in total. The minimum absolute atomic E-state index is 0.203. The molecule has 1 aliphatic heterocycles. The molecule has 1 saturated heterocycles. The summed E-state index contributed by atoms with van der Waals surface area (Å²) < 4.78 is 5.58. The molecule has 1 atom stereocenters. The number of ether oxygens (including phenoxy) is 1. The van der Waals surface area contributed by atoms with E-state index in [9.17, 15) is 9.59 Å². The van der Waals surface area contributed by atoms with E-state index in [0.29, 0.717) is 17.2 Å². The number of nitrogens with zero attached hydrogens (tertiary/aromatic N) is 1. The molecule has 0 saturated carbocycles. The van der Waals surface area contributed by atoms with Crippen molar-refractivity contribution in [3.8, 4) is 5.75 Å². The second kappa shape index (κ2) is 7.79. The molecule has 0 unspecified atom stereocenters. The summed E-state index contributed by atoms with van der Waals surface area (Å²) in [5, 5.41) is 3.45. The Balaban J connectivity index is 1.54. The standard InChI is InChI=1S/C20H21ClN2O3/c1-20(12-11-15-5-3-2-4-6-15)18(24)23(19(25)22-20)13-14-26-17-9-7-16(21)8-10-17/h2-10H,11-14H2,1H3,(H,22,25)/t20-/m1/s1. The number of aryl methyl sites for hydroxylation is 1. The molecule has 0 spiro atoms. The van der Waals surface area contributed by atoms with Gasteiger partial charge in [0, 0.05) is 5.02 Å². The van der Waals surface area contributed by atoms with Crippen molar-refractivity contribution in [2.45, 2.75) is 25.3 Å². The zero-order valence-corrected chi connectivity index (χ0v) is 15.3. The van der Waals surface area contributed by atoms with Gasteiger partial charge < -0.3 is 10.1 Å². The highest BCUT2D eigenvalue weighted by molar-refractivity contribution is 6.30. The van der Waals surface area contributed by atoms with Crippen LogP contribution in [0.15, 0.2) is 54.6 Å². The Kier molecular flexibility index (Phi) is 5.47. The second-order valence-corrected chi connectivity index (χ2v) is 6.94. The van der Waals surface area contributed by atoms with E-state index in [4.69, 9.17) is 16.3 Å². The quantitative estimate of drug-likeness (QED) is 0.754. The van der Waals surface area contributed by atoms with Crippen LogP contribution >= 0.6 is 11.6 Å². The smallest absolute Gasteiger partial charge is 0.325 e. The van der Waals surface area contributed by atoms with Crippen LogP contribution in [0, 0.1) is 0 Å². The SMILES string of the molecule is C[C@]1(CCc2ccccc2)NC(=O)N(CCOc2ccc(Cl)cc2)C1=O. The highest BCUT2D eigenvalue weighted by Crippen LogP contribution is 2.23. The summed E-state index contributed by atoms with van der Waals surface area (Å²) in [6.45, 7) is 2.21. The predicted octanol–water partition coefficient (Wildman–Crippen LogP) is 3.66. The minimum Gasteiger partial charge on any atom is -0.492 e. The van der Waals surface area contributed by atoms with Crippen molar-refractivity contribution in [2.75, 3.05) is 13.2 Å². The van der Waals surface area contributed by atoms with Crippen LogP contribution in [-0.4, -0.2) is 35.5 Å². The molecule has 0 radical (unpaired) electrons. The molecule has 3 amide bonds. The van der Waals surface area contributed by atoms with Crippen molar-refractivity contribution < 1.29 is 14.3 Å². The van der Waals surface area contributed by atoms with Crippen molar-refractivity contribution in [1.82, 2.24) is 10.2 Å². The minimum atomic E-state index is -0.882. The maximum atomic E-state index is 12.7. The highest BCUT2D eigenvalue weighted by atomic mass is 35.5. The van der Waals surface area contributed by atoms with Gasteiger partial charge in [-0.05, 0) is 49.6 Å². The molecule has 3 rings (SSSR count). The summed E-state index contributed by atoms with van der Waals surface area (Å²) in [4.78, 5) is 26.2. The van der Waals surface area contributed by atoms with Gasteiger partial charge in [-0.15, -0.1) is 0 Å². The Labute approximate surface area is 157 Å². The summed E-state index contributed by atoms with van der Waals surface area (Å²) in [6, 6.07) is 16.5. The Morgan fingerprint density at radius 2 is 1.77 bits per heavy atom. The van der Waals surface area contributed by atoms with Crippen LogP contribution in [0.5, 0.6) is 5.75 Å². The third-order valence-electron chi connectivity index (χ3n) is 4.50. The van der Waals surface area contributed by atoms with Crippen molar-refractivity contribution in [3.63, 3.8) is 0 Å². The molecule has 1 N–H and O–H groups in total. The topological polar surface area (TPSA) is 58.6 Å². The molecule has 0 aliphatic carbocycles. The Bertz CT molecular complexity index is 779. The van der Waals surface area contributed by atoms with Crippen LogP contribution < -0.4 is 10.1 Å². The normalized spacial score (nSPS) is 19.5. The van der Waals surface area contributed by atoms with Gasteiger partial charge in [-0.2, -0.15) is 0 Å². The Morgan fingerprint density at radius 3 is 2.46 bits per heavy atom. The van der Waals surface area contributed by atoms with Crippen LogP contribution in [-0.2, 0) is 11.2 Å². The number of nitrogens with one attached hydrogen (secondary N) is 1. The average Bonchev–Trinajstić information content (AvgIpc) is 2.86. The van der Waals surface area contributed by atoms with Crippen molar-refractivity contribution in [2.24, 2.45) is 0 Å². The Hall–Kier alpha value is -2.53. The molecule has 1 aliphatic rings. The van der Waals surface area contributed by atoms with Crippen molar-refractivity contribution in [1.29, 1.82) is 0 Å². The fourth-order valence-electron chi connectivity index (χ4n) is 2.94. The monoisotopic (exact) mass is 372 g/mol. The van der Waals surface area contributed by atoms with Gasteiger partial charge in [0.1, 0.15) is 17.9 Å². The molecule has 2 aromatic rings. The van der Waals surface area contributed by atoms with E-state index in [2.05, 4.69) is 5.32 Å². The number of hydrogen-bond donors (Lipinski definition) is 1. The molecule has 1 heterocycles. The van der Waals surface area contributed by atoms with Crippen molar-refractivity contribution in [3.05, 3.63) is 65.2 Å². The number of hydrogen-bond acceptors (Lipinski definition) is 3. The van der Waals surface area contributed by atoms with Gasteiger partial charge >= 0.3 is 6.03 Å². The van der Waals surface area contributed by atoms with Gasteiger partial charge in [-0.25, -0.2) is 4.79 Å².